The van der Waals surface area contributed by atoms with E-state index in [4.69, 9.17) is 0 Å². The lowest BCUT2D eigenvalue weighted by atomic mass is 9.82. The number of nitrogens with zero attached hydrogens (tertiary/aromatic N) is 3. The number of rotatable bonds is 4. The van der Waals surface area contributed by atoms with E-state index in [0.717, 1.165) is 0 Å². The number of amides is 1. The molecule has 2 heterocycles. The number of carbonyl (C=O) groups excluding carboxylic acids is 1. The first-order chi connectivity index (χ1) is 11.7. The van der Waals surface area contributed by atoms with Crippen LogP contribution in [0, 0.1) is 11.3 Å². The van der Waals surface area contributed by atoms with Crippen LogP contribution in [0.5, 0.6) is 0 Å². The average Bonchev–Trinajstić information content (AvgIpc) is 2.53. The first-order valence-corrected chi connectivity index (χ1v) is 8.25. The van der Waals surface area contributed by atoms with Crippen molar-refractivity contribution in [2.75, 3.05) is 13.1 Å². The molecular weight excluding hydrogens is 322 g/mol. The second-order valence-electron chi connectivity index (χ2n) is 7.30. The van der Waals surface area contributed by atoms with Gasteiger partial charge in [-0.15, -0.1) is 0 Å². The molecule has 1 N–H and O–H groups in total. The Bertz CT molecular complexity index is 910. The van der Waals surface area contributed by atoms with Gasteiger partial charge in [-0.1, -0.05) is 32.0 Å². The van der Waals surface area contributed by atoms with E-state index in [-0.39, 0.29) is 36.2 Å². The van der Waals surface area contributed by atoms with Crippen LogP contribution in [0.15, 0.2) is 29.1 Å². The molecule has 1 fully saturated rings. The quantitative estimate of drug-likeness (QED) is 0.910. The zero-order valence-corrected chi connectivity index (χ0v) is 14.5. The molecule has 1 aromatic carbocycles. The molecule has 0 radical (unpaired) electrons. The number of aliphatic carboxylic acids is 1. The number of likely N-dealkylation sites (tertiary alicyclic amines) is 1. The van der Waals surface area contributed by atoms with Gasteiger partial charge in [-0.2, -0.15) is 5.10 Å². The van der Waals surface area contributed by atoms with Gasteiger partial charge in [-0.3, -0.25) is 14.4 Å². The summed E-state index contributed by atoms with van der Waals surface area (Å²) in [6.07, 6.45) is 0. The van der Waals surface area contributed by atoms with Crippen molar-refractivity contribution in [3.63, 3.8) is 0 Å². The Morgan fingerprint density at radius 2 is 1.84 bits per heavy atom. The van der Waals surface area contributed by atoms with Crippen LogP contribution in [0.1, 0.15) is 31.3 Å². The smallest absolute Gasteiger partial charge is 0.312 e. The topological polar surface area (TPSA) is 92.5 Å². The van der Waals surface area contributed by atoms with E-state index in [0.29, 0.717) is 17.3 Å². The molecule has 7 nitrogen and oxygen atoms in total. The van der Waals surface area contributed by atoms with Crippen LogP contribution in [0.3, 0.4) is 0 Å². The summed E-state index contributed by atoms with van der Waals surface area (Å²) in [5.41, 5.74) is -0.944. The largest absolute Gasteiger partial charge is 0.481 e. The van der Waals surface area contributed by atoms with Crippen LogP contribution in [-0.2, 0) is 11.3 Å². The Kier molecular flexibility index (Phi) is 4.10. The molecule has 1 aliphatic rings. The van der Waals surface area contributed by atoms with E-state index in [1.54, 1.807) is 31.2 Å². The first kappa shape index (κ1) is 17.1. The summed E-state index contributed by atoms with van der Waals surface area (Å²) in [6, 6.07) is 6.89. The maximum atomic E-state index is 12.9. The van der Waals surface area contributed by atoms with Gasteiger partial charge in [-0.25, -0.2) is 4.68 Å². The summed E-state index contributed by atoms with van der Waals surface area (Å²) in [5, 5.41) is 14.5. The van der Waals surface area contributed by atoms with E-state index < -0.39 is 11.4 Å². The minimum absolute atomic E-state index is 0.139. The van der Waals surface area contributed by atoms with Gasteiger partial charge < -0.3 is 10.0 Å². The Morgan fingerprint density at radius 3 is 2.40 bits per heavy atom. The molecule has 0 aliphatic carbocycles. The highest BCUT2D eigenvalue weighted by molar-refractivity contribution is 6.05. The molecule has 7 heteroatoms. The number of fused-ring (bicyclic) bond motifs is 1. The molecule has 25 heavy (non-hydrogen) atoms. The summed E-state index contributed by atoms with van der Waals surface area (Å²) < 4.78 is 1.33. The van der Waals surface area contributed by atoms with E-state index >= 15 is 0 Å². The fourth-order valence-corrected chi connectivity index (χ4v) is 3.09. The highest BCUT2D eigenvalue weighted by Gasteiger charge is 2.48. The molecular formula is C18H21N3O4. The minimum atomic E-state index is -0.919. The molecule has 0 unspecified atom stereocenters. The van der Waals surface area contributed by atoms with Crippen molar-refractivity contribution in [1.82, 2.24) is 14.7 Å². The zero-order valence-electron chi connectivity index (χ0n) is 14.5. The fourth-order valence-electron chi connectivity index (χ4n) is 3.09. The van der Waals surface area contributed by atoms with Crippen molar-refractivity contribution in [3.05, 3.63) is 40.3 Å². The van der Waals surface area contributed by atoms with Crippen LogP contribution in [0.25, 0.3) is 10.8 Å². The summed E-state index contributed by atoms with van der Waals surface area (Å²) in [7, 11) is 0. The standard InChI is InChI=1S/C18H21N3O4/c1-11(2)8-21-15(22)13-7-5-4-6-12(13)14(19-21)16(23)20-9-18(3,10-20)17(24)25/h4-7,11H,8-10H2,1-3H3,(H,24,25). The molecule has 1 amide bonds. The van der Waals surface area contributed by atoms with Gasteiger partial charge >= 0.3 is 5.97 Å². The molecule has 132 valence electrons. The Hall–Kier alpha value is -2.70. The molecule has 0 saturated carbocycles. The van der Waals surface area contributed by atoms with Crippen molar-refractivity contribution in [1.29, 1.82) is 0 Å². The third-order valence-corrected chi connectivity index (χ3v) is 4.49. The molecule has 1 aliphatic heterocycles. The first-order valence-electron chi connectivity index (χ1n) is 8.25. The SMILES string of the molecule is CC(C)Cn1nc(C(=O)N2CC(C)(C(=O)O)C2)c2ccccc2c1=O. The highest BCUT2D eigenvalue weighted by Crippen LogP contribution is 2.31. The van der Waals surface area contributed by atoms with E-state index in [2.05, 4.69) is 5.10 Å². The van der Waals surface area contributed by atoms with Crippen molar-refractivity contribution in [2.24, 2.45) is 11.3 Å². The normalized spacial score (nSPS) is 16.1. The Labute approximate surface area is 144 Å². The molecule has 0 atom stereocenters. The van der Waals surface area contributed by atoms with Gasteiger partial charge in [0.2, 0.25) is 0 Å². The predicted molar refractivity (Wildman–Crippen MR) is 92.5 cm³/mol. The third kappa shape index (κ3) is 2.90. The summed E-state index contributed by atoms with van der Waals surface area (Å²) in [5.74, 6) is -1.06. The number of carbonyl (C=O) groups is 2. The second-order valence-corrected chi connectivity index (χ2v) is 7.30. The van der Waals surface area contributed by atoms with Crippen LogP contribution in [-0.4, -0.2) is 44.8 Å². The molecule has 0 spiro atoms. The van der Waals surface area contributed by atoms with Crippen LogP contribution >= 0.6 is 0 Å². The predicted octanol–water partition coefficient (Wildman–Crippen LogP) is 1.60. The van der Waals surface area contributed by atoms with Gasteiger partial charge in [0.1, 0.15) is 5.41 Å². The number of aromatic nitrogens is 2. The molecule has 1 saturated heterocycles. The fraction of sp³-hybridized carbons (Fsp3) is 0.444. The van der Waals surface area contributed by atoms with Gasteiger partial charge in [0.05, 0.1) is 5.39 Å². The van der Waals surface area contributed by atoms with Crippen LogP contribution in [0.4, 0.5) is 0 Å². The van der Waals surface area contributed by atoms with Gasteiger partial charge in [0.15, 0.2) is 5.69 Å². The van der Waals surface area contributed by atoms with Gasteiger partial charge in [0.25, 0.3) is 11.5 Å². The van der Waals surface area contributed by atoms with E-state index in [1.165, 1.54) is 9.58 Å². The second kappa shape index (κ2) is 5.98. The number of hydrogen-bond acceptors (Lipinski definition) is 4. The van der Waals surface area contributed by atoms with Crippen molar-refractivity contribution in [2.45, 2.75) is 27.3 Å². The summed E-state index contributed by atoms with van der Waals surface area (Å²) in [6.45, 7) is 6.25. The summed E-state index contributed by atoms with van der Waals surface area (Å²) >= 11 is 0. The maximum Gasteiger partial charge on any atom is 0.312 e. The van der Waals surface area contributed by atoms with Crippen molar-refractivity contribution in [3.8, 4) is 0 Å². The number of hydrogen-bond donors (Lipinski definition) is 1. The van der Waals surface area contributed by atoms with E-state index in [9.17, 15) is 19.5 Å². The lowest BCUT2D eigenvalue weighted by Crippen LogP contribution is -2.60. The monoisotopic (exact) mass is 343 g/mol. The molecule has 1 aromatic heterocycles. The molecule has 0 bridgehead atoms. The van der Waals surface area contributed by atoms with Gasteiger partial charge in [-0.05, 0) is 18.9 Å². The number of carboxylic acid groups (broad SMARTS) is 1. The number of carboxylic acids is 1. The Balaban J connectivity index is 2.04. The maximum absolute atomic E-state index is 12.9. The third-order valence-electron chi connectivity index (χ3n) is 4.49. The van der Waals surface area contributed by atoms with Gasteiger partial charge in [0, 0.05) is 25.0 Å². The van der Waals surface area contributed by atoms with Crippen molar-refractivity contribution < 1.29 is 14.7 Å². The molecule has 2 aromatic rings. The van der Waals surface area contributed by atoms with E-state index in [1.807, 2.05) is 13.8 Å². The number of benzene rings is 1. The average molecular weight is 343 g/mol. The van der Waals surface area contributed by atoms with Crippen LogP contribution < -0.4 is 5.56 Å². The van der Waals surface area contributed by atoms with Crippen molar-refractivity contribution >= 4 is 22.6 Å². The van der Waals surface area contributed by atoms with Crippen LogP contribution in [0.2, 0.25) is 0 Å². The summed E-state index contributed by atoms with van der Waals surface area (Å²) in [4.78, 5) is 38.1. The lowest BCUT2D eigenvalue weighted by molar-refractivity contribution is -0.155. The highest BCUT2D eigenvalue weighted by atomic mass is 16.4. The Morgan fingerprint density at radius 1 is 1.24 bits per heavy atom. The zero-order chi connectivity index (χ0) is 18.4. The lowest BCUT2D eigenvalue weighted by Gasteiger charge is -2.44. The molecule has 3 rings (SSSR count). The minimum Gasteiger partial charge on any atom is -0.481 e.